The van der Waals surface area contributed by atoms with Crippen LogP contribution < -0.4 is 9.80 Å². The van der Waals surface area contributed by atoms with Gasteiger partial charge in [-0.25, -0.2) is 0 Å². The van der Waals surface area contributed by atoms with Crippen LogP contribution in [0, 0.1) is 0 Å². The number of benzene rings is 11. The van der Waals surface area contributed by atoms with Crippen LogP contribution in [0.4, 0.5) is 34.1 Å². The van der Waals surface area contributed by atoms with E-state index in [0.717, 1.165) is 34.1 Å². The zero-order chi connectivity index (χ0) is 35.6. The molecule has 0 N–H and O–H groups in total. The number of fused-ring (bicyclic) bond motifs is 5. The summed E-state index contributed by atoms with van der Waals surface area (Å²) in [6.07, 6.45) is 0. The van der Waals surface area contributed by atoms with Gasteiger partial charge in [0.1, 0.15) is 0 Å². The Morgan fingerprint density at radius 3 is 1.02 bits per heavy atom. The molecule has 0 aliphatic rings. The van der Waals surface area contributed by atoms with Gasteiger partial charge in [-0.1, -0.05) is 146 Å². The Labute approximate surface area is 313 Å². The van der Waals surface area contributed by atoms with Crippen LogP contribution >= 0.6 is 0 Å². The summed E-state index contributed by atoms with van der Waals surface area (Å²) in [5.74, 6) is 0. The van der Waals surface area contributed by atoms with Crippen LogP contribution in [-0.4, -0.2) is 0 Å². The number of hydrogen-bond acceptors (Lipinski definition) is 2. The summed E-state index contributed by atoms with van der Waals surface area (Å²) in [5, 5.41) is 14.9. The van der Waals surface area contributed by atoms with Crippen LogP contribution in [0.1, 0.15) is 0 Å². The molecule has 0 radical (unpaired) electrons. The lowest BCUT2D eigenvalue weighted by molar-refractivity contribution is 1.30. The molecule has 0 unspecified atom stereocenters. The van der Waals surface area contributed by atoms with Gasteiger partial charge in [-0.15, -0.1) is 0 Å². The Balaban J connectivity index is 1.26. The zero-order valence-electron chi connectivity index (χ0n) is 29.5. The Morgan fingerprint density at radius 2 is 0.574 bits per heavy atom. The molecule has 0 bridgehead atoms. The molecule has 0 saturated heterocycles. The minimum Gasteiger partial charge on any atom is -0.310 e. The third kappa shape index (κ3) is 4.74. The van der Waals surface area contributed by atoms with Crippen molar-refractivity contribution in [3.8, 4) is 0 Å². The molecule has 0 aliphatic carbocycles. The molecular formula is C52H34N2. The van der Waals surface area contributed by atoms with Gasteiger partial charge in [0, 0.05) is 44.3 Å². The highest BCUT2D eigenvalue weighted by Crippen LogP contribution is 2.51. The molecule has 0 amide bonds. The van der Waals surface area contributed by atoms with E-state index in [2.05, 4.69) is 216 Å². The van der Waals surface area contributed by atoms with Crippen molar-refractivity contribution in [3.05, 3.63) is 206 Å². The molecular weight excluding hydrogens is 653 g/mol. The summed E-state index contributed by atoms with van der Waals surface area (Å²) in [6.45, 7) is 0. The zero-order valence-corrected chi connectivity index (χ0v) is 29.5. The fraction of sp³-hybridized carbons (Fsp3) is 0. The summed E-state index contributed by atoms with van der Waals surface area (Å²) in [6, 6.07) is 75.4. The Morgan fingerprint density at radius 1 is 0.222 bits per heavy atom. The first-order valence-corrected chi connectivity index (χ1v) is 18.6. The van der Waals surface area contributed by atoms with E-state index in [1.807, 2.05) is 0 Å². The van der Waals surface area contributed by atoms with Gasteiger partial charge >= 0.3 is 0 Å². The maximum atomic E-state index is 2.44. The second-order valence-corrected chi connectivity index (χ2v) is 14.1. The SMILES string of the molecule is c1ccc(N(c2ccc3ccccc3c2)c2ccc3ccc4ccc(N(c5ccccc5)c5ccc6ccccc6c5)c5c6ccccc6c2c3c45)cc1. The molecule has 11 aromatic rings. The fourth-order valence-corrected chi connectivity index (χ4v) is 8.69. The molecule has 0 fully saturated rings. The third-order valence-electron chi connectivity index (χ3n) is 11.1. The lowest BCUT2D eigenvalue weighted by Crippen LogP contribution is -2.12. The predicted molar refractivity (Wildman–Crippen MR) is 232 cm³/mol. The highest BCUT2D eigenvalue weighted by molar-refractivity contribution is 6.38. The molecule has 0 saturated carbocycles. The van der Waals surface area contributed by atoms with Gasteiger partial charge in [0.15, 0.2) is 0 Å². The molecule has 11 rings (SSSR count). The van der Waals surface area contributed by atoms with Crippen molar-refractivity contribution in [2.75, 3.05) is 9.80 Å². The van der Waals surface area contributed by atoms with Gasteiger partial charge in [0.05, 0.1) is 11.4 Å². The minimum atomic E-state index is 1.12. The number of para-hydroxylation sites is 2. The van der Waals surface area contributed by atoms with Crippen molar-refractivity contribution in [2.45, 2.75) is 0 Å². The monoisotopic (exact) mass is 686 g/mol. The van der Waals surface area contributed by atoms with E-state index in [4.69, 9.17) is 0 Å². The first kappa shape index (κ1) is 30.5. The van der Waals surface area contributed by atoms with Gasteiger partial charge in [-0.05, 0) is 104 Å². The van der Waals surface area contributed by atoms with Gasteiger partial charge in [0.2, 0.25) is 0 Å². The maximum Gasteiger partial charge on any atom is 0.0546 e. The van der Waals surface area contributed by atoms with E-state index in [9.17, 15) is 0 Å². The summed E-state index contributed by atoms with van der Waals surface area (Å²) >= 11 is 0. The average molecular weight is 687 g/mol. The molecule has 11 aromatic carbocycles. The number of hydrogen-bond donors (Lipinski definition) is 0. The molecule has 0 aliphatic heterocycles. The van der Waals surface area contributed by atoms with E-state index >= 15 is 0 Å². The topological polar surface area (TPSA) is 6.48 Å². The van der Waals surface area contributed by atoms with Crippen LogP contribution in [0.5, 0.6) is 0 Å². The molecule has 252 valence electrons. The molecule has 54 heavy (non-hydrogen) atoms. The first-order chi connectivity index (χ1) is 26.8. The quantitative estimate of drug-likeness (QED) is 0.127. The van der Waals surface area contributed by atoms with Gasteiger partial charge in [-0.3, -0.25) is 0 Å². The summed E-state index contributed by atoms with van der Waals surface area (Å²) in [7, 11) is 0. The summed E-state index contributed by atoms with van der Waals surface area (Å²) in [5.41, 5.74) is 6.83. The van der Waals surface area contributed by atoms with Gasteiger partial charge in [-0.2, -0.15) is 0 Å². The van der Waals surface area contributed by atoms with Crippen molar-refractivity contribution in [3.63, 3.8) is 0 Å². The maximum absolute atomic E-state index is 2.44. The summed E-state index contributed by atoms with van der Waals surface area (Å²) in [4.78, 5) is 4.88. The number of anilines is 6. The highest BCUT2D eigenvalue weighted by atomic mass is 15.1. The van der Waals surface area contributed by atoms with Crippen LogP contribution in [0.3, 0.4) is 0 Å². The minimum absolute atomic E-state index is 1.12. The van der Waals surface area contributed by atoms with Crippen LogP contribution in [0.25, 0.3) is 64.6 Å². The van der Waals surface area contributed by atoms with Crippen LogP contribution in [0.15, 0.2) is 206 Å². The molecule has 0 atom stereocenters. The second-order valence-electron chi connectivity index (χ2n) is 14.1. The van der Waals surface area contributed by atoms with E-state index in [-0.39, 0.29) is 0 Å². The molecule has 2 nitrogen and oxygen atoms in total. The van der Waals surface area contributed by atoms with Gasteiger partial charge < -0.3 is 9.80 Å². The van der Waals surface area contributed by atoms with E-state index in [0.29, 0.717) is 0 Å². The second kappa shape index (κ2) is 12.2. The van der Waals surface area contributed by atoms with Crippen molar-refractivity contribution in [1.82, 2.24) is 0 Å². The Kier molecular flexibility index (Phi) is 6.90. The number of rotatable bonds is 6. The number of nitrogens with zero attached hydrogens (tertiary/aromatic N) is 2. The van der Waals surface area contributed by atoms with Crippen LogP contribution in [-0.2, 0) is 0 Å². The van der Waals surface area contributed by atoms with E-state index in [1.54, 1.807) is 0 Å². The average Bonchev–Trinajstić information content (AvgIpc) is 3.24. The normalized spacial score (nSPS) is 11.7. The van der Waals surface area contributed by atoms with E-state index in [1.165, 1.54) is 64.6 Å². The molecule has 0 aromatic heterocycles. The Bertz CT molecular complexity index is 2950. The highest BCUT2D eigenvalue weighted by Gasteiger charge is 2.25. The standard InChI is InChI=1S/C52H34N2/c1-3-17-41(18-4-1)53(43-29-25-35-13-7-9-15-39(35)33-43)47-31-27-37-23-24-38-28-32-48(52-46-22-12-11-21-45(46)51(47)49(37)50(38)52)54(42-19-5-2-6-20-42)44-30-26-36-14-8-10-16-40(36)34-44/h1-34H. The van der Waals surface area contributed by atoms with Crippen molar-refractivity contribution < 1.29 is 0 Å². The van der Waals surface area contributed by atoms with Crippen molar-refractivity contribution >= 4 is 98.8 Å². The van der Waals surface area contributed by atoms with Gasteiger partial charge in [0.25, 0.3) is 0 Å². The lowest BCUT2D eigenvalue weighted by atomic mass is 9.87. The lowest BCUT2D eigenvalue weighted by Gasteiger charge is -2.30. The third-order valence-corrected chi connectivity index (χ3v) is 11.1. The first-order valence-electron chi connectivity index (χ1n) is 18.6. The predicted octanol–water partition coefficient (Wildman–Crippen LogP) is 15.0. The summed E-state index contributed by atoms with van der Waals surface area (Å²) < 4.78 is 0. The van der Waals surface area contributed by atoms with E-state index < -0.39 is 0 Å². The largest absolute Gasteiger partial charge is 0.310 e. The molecule has 2 heteroatoms. The smallest absolute Gasteiger partial charge is 0.0546 e. The molecule has 0 heterocycles. The van der Waals surface area contributed by atoms with Crippen molar-refractivity contribution in [1.29, 1.82) is 0 Å². The Hall–Kier alpha value is -7.16. The fourth-order valence-electron chi connectivity index (χ4n) is 8.69. The molecule has 0 spiro atoms. The van der Waals surface area contributed by atoms with Crippen LogP contribution in [0.2, 0.25) is 0 Å². The van der Waals surface area contributed by atoms with Crippen molar-refractivity contribution in [2.24, 2.45) is 0 Å².